The molecule has 0 radical (unpaired) electrons. The molecule has 20 heavy (non-hydrogen) atoms. The second-order valence-electron chi connectivity index (χ2n) is 5.56. The average molecular weight is 287 g/mol. The predicted octanol–water partition coefficient (Wildman–Crippen LogP) is 2.04. The van der Waals surface area contributed by atoms with Crippen molar-refractivity contribution in [2.24, 2.45) is 0 Å². The van der Waals surface area contributed by atoms with Crippen LogP contribution in [0.4, 0.5) is 0 Å². The maximum atomic E-state index is 4.20. The van der Waals surface area contributed by atoms with Gasteiger partial charge in [0, 0.05) is 17.3 Å². The van der Waals surface area contributed by atoms with E-state index in [9.17, 15) is 0 Å². The van der Waals surface area contributed by atoms with Crippen molar-refractivity contribution in [2.45, 2.75) is 48.2 Å². The molecule has 0 spiro atoms. The van der Waals surface area contributed by atoms with Crippen LogP contribution in [0.25, 0.3) is 5.69 Å². The Morgan fingerprint density at radius 3 is 2.60 bits per heavy atom. The van der Waals surface area contributed by atoms with Gasteiger partial charge in [0.05, 0.1) is 5.69 Å². The van der Waals surface area contributed by atoms with Crippen LogP contribution in [-0.2, 0) is 0 Å². The van der Waals surface area contributed by atoms with Gasteiger partial charge in [-0.2, -0.15) is 4.68 Å². The number of tetrazole rings is 1. The van der Waals surface area contributed by atoms with Gasteiger partial charge in [-0.25, -0.2) is 0 Å². The van der Waals surface area contributed by atoms with Crippen LogP contribution < -0.4 is 5.32 Å². The van der Waals surface area contributed by atoms with Crippen LogP contribution in [0.5, 0.6) is 0 Å². The molecule has 0 amide bonds. The zero-order valence-corrected chi connectivity index (χ0v) is 12.0. The lowest BCUT2D eigenvalue weighted by Crippen LogP contribution is -2.39. The molecule has 104 valence electrons. The zero-order valence-electron chi connectivity index (χ0n) is 11.1. The van der Waals surface area contributed by atoms with Crippen LogP contribution in [0.15, 0.2) is 35.5 Å². The third-order valence-corrected chi connectivity index (χ3v) is 5.33. The molecule has 1 aromatic heterocycles. The molecule has 2 aliphatic rings. The summed E-state index contributed by atoms with van der Waals surface area (Å²) in [6.07, 6.45) is 5.10. The fourth-order valence-electron chi connectivity index (χ4n) is 3.23. The topological polar surface area (TPSA) is 55.6 Å². The number of hydrogen-bond acceptors (Lipinski definition) is 5. The monoisotopic (exact) mass is 287 g/mol. The van der Waals surface area contributed by atoms with Gasteiger partial charge in [0.25, 0.3) is 0 Å². The first kappa shape index (κ1) is 12.3. The van der Waals surface area contributed by atoms with Crippen molar-refractivity contribution in [1.29, 1.82) is 0 Å². The highest BCUT2D eigenvalue weighted by molar-refractivity contribution is 7.99. The molecule has 2 fully saturated rings. The standard InChI is InChI=1S/C14H17N5S/c1-2-4-12(5-3-1)19-14(16-17-18-19)20-13-8-10-6-7-11(9-13)15-10/h1-5,10-11,13,15H,6-9H2. The minimum atomic E-state index is 0.627. The van der Waals surface area contributed by atoms with E-state index < -0.39 is 0 Å². The van der Waals surface area contributed by atoms with Crippen molar-refractivity contribution >= 4 is 11.8 Å². The molecule has 0 aliphatic carbocycles. The third-order valence-electron chi connectivity index (χ3n) is 4.14. The van der Waals surface area contributed by atoms with Crippen molar-refractivity contribution in [2.75, 3.05) is 0 Å². The summed E-state index contributed by atoms with van der Waals surface area (Å²) in [7, 11) is 0. The Morgan fingerprint density at radius 1 is 1.10 bits per heavy atom. The van der Waals surface area contributed by atoms with E-state index in [0.717, 1.165) is 10.8 Å². The molecule has 0 saturated carbocycles. The molecule has 3 heterocycles. The van der Waals surface area contributed by atoms with E-state index in [-0.39, 0.29) is 0 Å². The van der Waals surface area contributed by atoms with Crippen LogP contribution in [0.1, 0.15) is 25.7 Å². The molecule has 1 N–H and O–H groups in total. The second kappa shape index (κ2) is 5.18. The van der Waals surface area contributed by atoms with Gasteiger partial charge in [-0.05, 0) is 48.2 Å². The maximum Gasteiger partial charge on any atom is 0.214 e. The van der Waals surface area contributed by atoms with Gasteiger partial charge in [0.15, 0.2) is 0 Å². The summed E-state index contributed by atoms with van der Waals surface area (Å²) < 4.78 is 1.84. The SMILES string of the molecule is c1ccc(-n2nnnc2SC2CC3CCC(C2)N3)cc1. The zero-order chi connectivity index (χ0) is 13.4. The highest BCUT2D eigenvalue weighted by Gasteiger charge is 2.34. The van der Waals surface area contributed by atoms with Crippen LogP contribution >= 0.6 is 11.8 Å². The van der Waals surface area contributed by atoms with E-state index in [1.54, 1.807) is 0 Å². The van der Waals surface area contributed by atoms with E-state index in [1.165, 1.54) is 25.7 Å². The first-order valence-electron chi connectivity index (χ1n) is 7.15. The Morgan fingerprint density at radius 2 is 1.85 bits per heavy atom. The largest absolute Gasteiger partial charge is 0.311 e. The fourth-order valence-corrected chi connectivity index (χ4v) is 4.51. The number of nitrogens with zero attached hydrogens (tertiary/aromatic N) is 4. The smallest absolute Gasteiger partial charge is 0.214 e. The van der Waals surface area contributed by atoms with Gasteiger partial charge in [-0.15, -0.1) is 5.10 Å². The van der Waals surface area contributed by atoms with Crippen LogP contribution in [0.2, 0.25) is 0 Å². The molecule has 2 aromatic rings. The predicted molar refractivity (Wildman–Crippen MR) is 78.0 cm³/mol. The summed E-state index contributed by atoms with van der Waals surface area (Å²) in [5.41, 5.74) is 1.02. The molecule has 2 unspecified atom stereocenters. The number of benzene rings is 1. The third kappa shape index (κ3) is 2.33. The molecule has 2 atom stereocenters. The van der Waals surface area contributed by atoms with Crippen molar-refractivity contribution in [1.82, 2.24) is 25.5 Å². The Hall–Kier alpha value is -1.40. The second-order valence-corrected chi connectivity index (χ2v) is 6.83. The number of aromatic nitrogens is 4. The fraction of sp³-hybridized carbons (Fsp3) is 0.500. The van der Waals surface area contributed by atoms with Gasteiger partial charge in [0.2, 0.25) is 5.16 Å². The minimum Gasteiger partial charge on any atom is -0.311 e. The molecule has 6 heteroatoms. The normalized spacial score (nSPS) is 28.7. The number of para-hydroxylation sites is 1. The molecule has 1 aromatic carbocycles. The Labute approximate surface area is 122 Å². The average Bonchev–Trinajstić information content (AvgIpc) is 3.07. The van der Waals surface area contributed by atoms with Crippen LogP contribution in [0, 0.1) is 0 Å². The van der Waals surface area contributed by atoms with Gasteiger partial charge in [-0.1, -0.05) is 30.0 Å². The summed E-state index contributed by atoms with van der Waals surface area (Å²) in [5, 5.41) is 17.4. The Balaban J connectivity index is 1.54. The number of rotatable bonds is 3. The molecular weight excluding hydrogens is 270 g/mol. The van der Waals surface area contributed by atoms with E-state index in [1.807, 2.05) is 46.8 Å². The van der Waals surface area contributed by atoms with E-state index in [0.29, 0.717) is 17.3 Å². The van der Waals surface area contributed by atoms with E-state index in [2.05, 4.69) is 20.8 Å². The number of piperidine rings is 1. The molecule has 4 rings (SSSR count). The van der Waals surface area contributed by atoms with E-state index in [4.69, 9.17) is 0 Å². The van der Waals surface area contributed by atoms with Crippen LogP contribution in [0.3, 0.4) is 0 Å². The lowest BCUT2D eigenvalue weighted by Gasteiger charge is -2.27. The minimum absolute atomic E-state index is 0.627. The number of fused-ring (bicyclic) bond motifs is 2. The summed E-state index contributed by atoms with van der Waals surface area (Å²) in [5.74, 6) is 0. The van der Waals surface area contributed by atoms with Gasteiger partial charge >= 0.3 is 0 Å². The molecule has 2 saturated heterocycles. The molecular formula is C14H17N5S. The lowest BCUT2D eigenvalue weighted by molar-refractivity contribution is 0.414. The molecule has 2 bridgehead atoms. The summed E-state index contributed by atoms with van der Waals surface area (Å²) in [6, 6.07) is 11.5. The van der Waals surface area contributed by atoms with Crippen molar-refractivity contribution in [3.63, 3.8) is 0 Å². The quantitative estimate of drug-likeness (QED) is 0.936. The first-order valence-corrected chi connectivity index (χ1v) is 8.03. The summed E-state index contributed by atoms with van der Waals surface area (Å²) in [4.78, 5) is 0. The van der Waals surface area contributed by atoms with Crippen molar-refractivity contribution in [3.8, 4) is 5.69 Å². The summed E-state index contributed by atoms with van der Waals surface area (Å²) >= 11 is 1.83. The van der Waals surface area contributed by atoms with E-state index >= 15 is 0 Å². The number of hydrogen-bond donors (Lipinski definition) is 1. The van der Waals surface area contributed by atoms with Gasteiger partial charge in [-0.3, -0.25) is 0 Å². The van der Waals surface area contributed by atoms with Gasteiger partial charge < -0.3 is 5.32 Å². The van der Waals surface area contributed by atoms with Crippen LogP contribution in [-0.4, -0.2) is 37.5 Å². The highest BCUT2D eigenvalue weighted by Crippen LogP contribution is 2.36. The summed E-state index contributed by atoms with van der Waals surface area (Å²) in [6.45, 7) is 0. The maximum absolute atomic E-state index is 4.20. The lowest BCUT2D eigenvalue weighted by atomic mass is 10.1. The first-order chi connectivity index (χ1) is 9.88. The molecule has 5 nitrogen and oxygen atoms in total. The Kier molecular flexibility index (Phi) is 3.20. The number of nitrogens with one attached hydrogen (secondary N) is 1. The van der Waals surface area contributed by atoms with Crippen molar-refractivity contribution in [3.05, 3.63) is 30.3 Å². The molecule has 2 aliphatic heterocycles. The van der Waals surface area contributed by atoms with Crippen molar-refractivity contribution < 1.29 is 0 Å². The number of thioether (sulfide) groups is 1. The van der Waals surface area contributed by atoms with Gasteiger partial charge in [0.1, 0.15) is 0 Å². The highest BCUT2D eigenvalue weighted by atomic mass is 32.2. The Bertz CT molecular complexity index is 572.